The number of nitrogens with zero attached hydrogens (tertiary/aromatic N) is 3. The van der Waals surface area contributed by atoms with Crippen LogP contribution < -0.4 is 0 Å². The highest BCUT2D eigenvalue weighted by Gasteiger charge is 2.25. The van der Waals surface area contributed by atoms with Crippen molar-refractivity contribution in [3.63, 3.8) is 0 Å². The van der Waals surface area contributed by atoms with Crippen LogP contribution in [-0.4, -0.2) is 28.0 Å². The predicted molar refractivity (Wildman–Crippen MR) is 77.0 cm³/mol. The van der Waals surface area contributed by atoms with E-state index in [1.54, 1.807) is 0 Å². The van der Waals surface area contributed by atoms with Crippen LogP contribution in [-0.2, 0) is 13.0 Å². The molecule has 3 nitrogen and oxygen atoms in total. The van der Waals surface area contributed by atoms with Crippen molar-refractivity contribution in [2.45, 2.75) is 31.8 Å². The molecule has 1 aromatic heterocycles. The van der Waals surface area contributed by atoms with Crippen molar-refractivity contribution in [2.24, 2.45) is 0 Å². The lowest BCUT2D eigenvalue weighted by Gasteiger charge is -2.17. The fraction of sp³-hybridized carbons (Fsp3) is 0.438. The van der Waals surface area contributed by atoms with Gasteiger partial charge in [0.1, 0.15) is 5.82 Å². The molecule has 0 radical (unpaired) electrons. The maximum absolute atomic E-state index is 4.49. The molecule has 0 spiro atoms. The van der Waals surface area contributed by atoms with E-state index in [0.29, 0.717) is 0 Å². The van der Waals surface area contributed by atoms with Crippen LogP contribution in [0, 0.1) is 0 Å². The molecule has 0 bridgehead atoms. The first-order chi connectivity index (χ1) is 9.33. The molecule has 1 aliphatic carbocycles. The van der Waals surface area contributed by atoms with Crippen LogP contribution in [0.25, 0.3) is 0 Å². The lowest BCUT2D eigenvalue weighted by atomic mass is 10.1. The summed E-state index contributed by atoms with van der Waals surface area (Å²) in [6, 6.07) is 11.4. The third kappa shape index (κ3) is 3.24. The molecule has 0 N–H and O–H groups in total. The Balaban J connectivity index is 1.53. The minimum Gasteiger partial charge on any atom is -0.331 e. The van der Waals surface area contributed by atoms with Gasteiger partial charge in [-0.3, -0.25) is 4.90 Å². The van der Waals surface area contributed by atoms with E-state index in [4.69, 9.17) is 0 Å². The van der Waals surface area contributed by atoms with E-state index in [2.05, 4.69) is 58.0 Å². The van der Waals surface area contributed by atoms with Gasteiger partial charge in [-0.15, -0.1) is 0 Å². The first kappa shape index (κ1) is 12.4. The second kappa shape index (κ2) is 5.57. The molecule has 1 fully saturated rings. The van der Waals surface area contributed by atoms with Gasteiger partial charge in [-0.1, -0.05) is 30.3 Å². The Bertz CT molecular complexity index is 514. The Hall–Kier alpha value is -1.61. The molecule has 100 valence electrons. The largest absolute Gasteiger partial charge is 0.331 e. The molecule has 0 unspecified atom stereocenters. The fourth-order valence-corrected chi connectivity index (χ4v) is 2.44. The topological polar surface area (TPSA) is 21.1 Å². The molecule has 0 saturated heterocycles. The second-order valence-electron chi connectivity index (χ2n) is 5.46. The number of likely N-dealkylation sites (N-methyl/N-ethyl adjacent to an activating group) is 1. The van der Waals surface area contributed by atoms with Gasteiger partial charge in [0.05, 0.1) is 6.54 Å². The van der Waals surface area contributed by atoms with Crippen LogP contribution >= 0.6 is 0 Å². The van der Waals surface area contributed by atoms with Crippen molar-refractivity contribution >= 4 is 0 Å². The molecule has 0 aliphatic heterocycles. The quantitative estimate of drug-likeness (QED) is 0.791. The van der Waals surface area contributed by atoms with Crippen molar-refractivity contribution in [3.8, 4) is 0 Å². The normalized spacial score (nSPS) is 15.1. The summed E-state index contributed by atoms with van der Waals surface area (Å²) in [4.78, 5) is 6.85. The van der Waals surface area contributed by atoms with Crippen LogP contribution in [0.3, 0.4) is 0 Å². The summed E-state index contributed by atoms with van der Waals surface area (Å²) < 4.78 is 2.35. The molecular weight excluding hydrogens is 234 g/mol. The molecule has 1 heterocycles. The number of imidazole rings is 1. The van der Waals surface area contributed by atoms with Gasteiger partial charge in [0, 0.05) is 25.0 Å². The number of benzene rings is 1. The average Bonchev–Trinajstić information content (AvgIpc) is 3.18. The van der Waals surface area contributed by atoms with Gasteiger partial charge in [-0.05, 0) is 31.9 Å². The molecule has 3 rings (SSSR count). The maximum Gasteiger partial charge on any atom is 0.123 e. The maximum atomic E-state index is 4.49. The number of aromatic nitrogens is 2. The molecule has 3 heteroatoms. The van der Waals surface area contributed by atoms with Gasteiger partial charge in [0.25, 0.3) is 0 Å². The monoisotopic (exact) mass is 255 g/mol. The Labute approximate surface area is 114 Å². The SMILES string of the molecule is CN(CCc1ccccc1)Cc1nccn1C1CC1. The first-order valence-corrected chi connectivity index (χ1v) is 7.07. The molecule has 2 aromatic rings. The Kier molecular flexibility index (Phi) is 3.65. The summed E-state index contributed by atoms with van der Waals surface area (Å²) in [6.45, 7) is 2.01. The average molecular weight is 255 g/mol. The summed E-state index contributed by atoms with van der Waals surface area (Å²) in [5.41, 5.74) is 1.40. The smallest absolute Gasteiger partial charge is 0.123 e. The van der Waals surface area contributed by atoms with E-state index in [9.17, 15) is 0 Å². The highest BCUT2D eigenvalue weighted by molar-refractivity contribution is 5.14. The summed E-state index contributed by atoms with van der Waals surface area (Å²) in [5, 5.41) is 0. The molecule has 1 aromatic carbocycles. The van der Waals surface area contributed by atoms with E-state index in [-0.39, 0.29) is 0 Å². The Morgan fingerprint density at radius 3 is 2.79 bits per heavy atom. The number of hydrogen-bond donors (Lipinski definition) is 0. The predicted octanol–water partition coefficient (Wildman–Crippen LogP) is 2.89. The van der Waals surface area contributed by atoms with E-state index in [1.807, 2.05) is 6.20 Å². The fourth-order valence-electron chi connectivity index (χ4n) is 2.44. The molecule has 1 aliphatic rings. The number of rotatable bonds is 6. The molecular formula is C16H21N3. The van der Waals surface area contributed by atoms with Crippen molar-refractivity contribution in [3.05, 3.63) is 54.1 Å². The number of hydrogen-bond acceptors (Lipinski definition) is 2. The summed E-state index contributed by atoms with van der Waals surface area (Å²) in [7, 11) is 2.18. The first-order valence-electron chi connectivity index (χ1n) is 7.07. The molecule has 19 heavy (non-hydrogen) atoms. The van der Waals surface area contributed by atoms with Gasteiger partial charge >= 0.3 is 0 Å². The Morgan fingerprint density at radius 1 is 1.26 bits per heavy atom. The van der Waals surface area contributed by atoms with E-state index < -0.39 is 0 Å². The molecule has 1 saturated carbocycles. The van der Waals surface area contributed by atoms with Crippen LogP contribution in [0.4, 0.5) is 0 Å². The zero-order valence-corrected chi connectivity index (χ0v) is 11.5. The summed E-state index contributed by atoms with van der Waals surface area (Å²) in [5.74, 6) is 1.21. The summed E-state index contributed by atoms with van der Waals surface area (Å²) >= 11 is 0. The third-order valence-corrected chi connectivity index (χ3v) is 3.73. The lowest BCUT2D eigenvalue weighted by Crippen LogP contribution is -2.22. The highest BCUT2D eigenvalue weighted by atomic mass is 15.2. The third-order valence-electron chi connectivity index (χ3n) is 3.73. The van der Waals surface area contributed by atoms with Gasteiger partial charge < -0.3 is 4.57 Å². The van der Waals surface area contributed by atoms with Gasteiger partial charge in [0.2, 0.25) is 0 Å². The van der Waals surface area contributed by atoms with Gasteiger partial charge in [-0.2, -0.15) is 0 Å². The van der Waals surface area contributed by atoms with Crippen molar-refractivity contribution in [1.82, 2.24) is 14.5 Å². The van der Waals surface area contributed by atoms with Crippen molar-refractivity contribution in [1.29, 1.82) is 0 Å². The highest BCUT2D eigenvalue weighted by Crippen LogP contribution is 2.35. The minimum absolute atomic E-state index is 0.722. The van der Waals surface area contributed by atoms with E-state index >= 15 is 0 Å². The summed E-state index contributed by atoms with van der Waals surface area (Å²) in [6.07, 6.45) is 7.78. The second-order valence-corrected chi connectivity index (χ2v) is 5.46. The standard InChI is InChI=1S/C16H21N3/c1-18(11-9-14-5-3-2-4-6-14)13-16-17-10-12-19(16)15-7-8-15/h2-6,10,12,15H,7-9,11,13H2,1H3. The van der Waals surface area contributed by atoms with E-state index in [0.717, 1.165) is 25.6 Å². The van der Waals surface area contributed by atoms with Crippen molar-refractivity contribution < 1.29 is 0 Å². The van der Waals surface area contributed by atoms with E-state index in [1.165, 1.54) is 24.2 Å². The lowest BCUT2D eigenvalue weighted by molar-refractivity contribution is 0.316. The van der Waals surface area contributed by atoms with Crippen molar-refractivity contribution in [2.75, 3.05) is 13.6 Å². The van der Waals surface area contributed by atoms with Crippen LogP contribution in [0.2, 0.25) is 0 Å². The molecule has 0 atom stereocenters. The van der Waals surface area contributed by atoms with Crippen LogP contribution in [0.1, 0.15) is 30.3 Å². The van der Waals surface area contributed by atoms with Gasteiger partial charge in [0.15, 0.2) is 0 Å². The Morgan fingerprint density at radius 2 is 2.05 bits per heavy atom. The minimum atomic E-state index is 0.722. The van der Waals surface area contributed by atoms with Crippen LogP contribution in [0.5, 0.6) is 0 Å². The zero-order chi connectivity index (χ0) is 13.1. The van der Waals surface area contributed by atoms with Gasteiger partial charge in [-0.25, -0.2) is 4.98 Å². The zero-order valence-electron chi connectivity index (χ0n) is 11.5. The molecule has 0 amide bonds. The van der Waals surface area contributed by atoms with Crippen LogP contribution in [0.15, 0.2) is 42.7 Å².